The van der Waals surface area contributed by atoms with Crippen LogP contribution in [-0.4, -0.2) is 25.8 Å². The molecule has 88 valence electrons. The molecule has 0 radical (unpaired) electrons. The Morgan fingerprint density at radius 2 is 1.93 bits per heavy atom. The highest BCUT2D eigenvalue weighted by atomic mass is 32.2. The molecule has 0 aromatic rings. The lowest BCUT2D eigenvalue weighted by molar-refractivity contribution is 0.314. The maximum atomic E-state index is 11.7. The highest BCUT2D eigenvalue weighted by molar-refractivity contribution is 7.90. The number of hydrogen-bond acceptors (Lipinski definition) is 4. The van der Waals surface area contributed by atoms with Crippen LogP contribution in [0.5, 0.6) is 0 Å². The lowest BCUT2D eigenvalue weighted by Crippen LogP contribution is -2.56. The Balaban J connectivity index is 4.95. The molecule has 0 aliphatic rings. The van der Waals surface area contributed by atoms with Crippen molar-refractivity contribution in [2.75, 3.05) is 6.54 Å². The second-order valence-electron chi connectivity index (χ2n) is 4.19. The molecule has 5 nitrogen and oxygen atoms in total. The van der Waals surface area contributed by atoms with Crippen molar-refractivity contribution in [3.05, 3.63) is 0 Å². The predicted molar refractivity (Wildman–Crippen MR) is 59.4 cm³/mol. The zero-order valence-corrected chi connectivity index (χ0v) is 10.4. The van der Waals surface area contributed by atoms with E-state index in [2.05, 4.69) is 4.72 Å². The van der Waals surface area contributed by atoms with Gasteiger partial charge in [0, 0.05) is 12.1 Å². The molecule has 0 bridgehead atoms. The molecule has 0 amide bonds. The number of sulfonamides is 1. The molecule has 0 aliphatic carbocycles. The zero-order valence-electron chi connectivity index (χ0n) is 9.61. The van der Waals surface area contributed by atoms with E-state index in [4.69, 9.17) is 11.0 Å². The van der Waals surface area contributed by atoms with Crippen LogP contribution in [0.1, 0.15) is 27.7 Å². The maximum Gasteiger partial charge on any atom is 0.228 e. The Morgan fingerprint density at radius 1 is 1.47 bits per heavy atom. The Hall–Kier alpha value is -0.640. The summed E-state index contributed by atoms with van der Waals surface area (Å²) < 4.78 is 25.8. The van der Waals surface area contributed by atoms with Crippen molar-refractivity contribution in [1.82, 2.24) is 4.72 Å². The lowest BCUT2D eigenvalue weighted by atomic mass is 9.90. The molecule has 15 heavy (non-hydrogen) atoms. The van der Waals surface area contributed by atoms with Gasteiger partial charge in [0.05, 0.1) is 6.07 Å². The molecular formula is C9H19N3O2S. The van der Waals surface area contributed by atoms with Crippen LogP contribution in [-0.2, 0) is 10.0 Å². The Bertz CT molecular complexity index is 345. The fourth-order valence-electron chi connectivity index (χ4n) is 0.878. The van der Waals surface area contributed by atoms with Crippen molar-refractivity contribution in [2.45, 2.75) is 38.5 Å². The maximum absolute atomic E-state index is 11.7. The zero-order chi connectivity index (χ0) is 12.3. The van der Waals surface area contributed by atoms with Crippen LogP contribution < -0.4 is 10.5 Å². The van der Waals surface area contributed by atoms with Gasteiger partial charge in [0.15, 0.2) is 5.25 Å². The van der Waals surface area contributed by atoms with Crippen molar-refractivity contribution in [3.8, 4) is 6.07 Å². The molecular weight excluding hydrogens is 214 g/mol. The summed E-state index contributed by atoms with van der Waals surface area (Å²) in [6, 6.07) is 1.70. The average Bonchev–Trinajstić information content (AvgIpc) is 2.15. The summed E-state index contributed by atoms with van der Waals surface area (Å²) in [6.45, 7) is 7.04. The van der Waals surface area contributed by atoms with E-state index in [1.165, 1.54) is 6.92 Å². The standard InChI is InChI=1S/C9H19N3O2S/c1-7(2)9(4,6-11)12-15(13,14)8(3)5-10/h7-8,12H,6,11H2,1-4H3. The second kappa shape index (κ2) is 4.92. The van der Waals surface area contributed by atoms with Crippen LogP contribution in [0.2, 0.25) is 0 Å². The number of nitrogens with two attached hydrogens (primary N) is 1. The third-order valence-electron chi connectivity index (χ3n) is 2.72. The molecule has 0 spiro atoms. The van der Waals surface area contributed by atoms with Crippen molar-refractivity contribution >= 4 is 10.0 Å². The molecule has 0 saturated heterocycles. The fourth-order valence-corrected chi connectivity index (χ4v) is 2.16. The van der Waals surface area contributed by atoms with Crippen LogP contribution in [0.4, 0.5) is 0 Å². The first kappa shape index (κ1) is 14.4. The van der Waals surface area contributed by atoms with Gasteiger partial charge in [-0.1, -0.05) is 13.8 Å². The van der Waals surface area contributed by atoms with E-state index in [1.54, 1.807) is 13.0 Å². The van der Waals surface area contributed by atoms with Gasteiger partial charge in [0.1, 0.15) is 0 Å². The minimum absolute atomic E-state index is 0.0585. The molecule has 0 fully saturated rings. The van der Waals surface area contributed by atoms with Gasteiger partial charge in [0.25, 0.3) is 0 Å². The van der Waals surface area contributed by atoms with Gasteiger partial charge in [-0.25, -0.2) is 13.1 Å². The van der Waals surface area contributed by atoms with Crippen LogP contribution in [0, 0.1) is 17.2 Å². The third-order valence-corrected chi connectivity index (χ3v) is 4.51. The van der Waals surface area contributed by atoms with E-state index in [9.17, 15) is 8.42 Å². The van der Waals surface area contributed by atoms with E-state index in [-0.39, 0.29) is 12.5 Å². The molecule has 3 N–H and O–H groups in total. The van der Waals surface area contributed by atoms with Gasteiger partial charge in [-0.3, -0.25) is 0 Å². The quantitative estimate of drug-likeness (QED) is 0.708. The van der Waals surface area contributed by atoms with Gasteiger partial charge >= 0.3 is 0 Å². The summed E-state index contributed by atoms with van der Waals surface area (Å²) in [5.74, 6) is 0.0585. The lowest BCUT2D eigenvalue weighted by Gasteiger charge is -2.33. The van der Waals surface area contributed by atoms with Crippen molar-refractivity contribution < 1.29 is 8.42 Å². The van der Waals surface area contributed by atoms with Crippen molar-refractivity contribution in [2.24, 2.45) is 11.7 Å². The van der Waals surface area contributed by atoms with Crippen LogP contribution in [0.15, 0.2) is 0 Å². The Morgan fingerprint density at radius 3 is 2.20 bits per heavy atom. The van der Waals surface area contributed by atoms with E-state index in [1.807, 2.05) is 13.8 Å². The molecule has 0 heterocycles. The SMILES string of the molecule is CC(C)C(C)(CN)NS(=O)(=O)C(C)C#N. The number of hydrogen-bond donors (Lipinski definition) is 2. The molecule has 0 rings (SSSR count). The second-order valence-corrected chi connectivity index (χ2v) is 6.20. The van der Waals surface area contributed by atoms with Crippen molar-refractivity contribution in [3.63, 3.8) is 0 Å². The summed E-state index contributed by atoms with van der Waals surface area (Å²) in [5, 5.41) is 7.51. The first-order valence-electron chi connectivity index (χ1n) is 4.82. The van der Waals surface area contributed by atoms with Crippen LogP contribution in [0.25, 0.3) is 0 Å². The van der Waals surface area contributed by atoms with E-state index in [0.29, 0.717) is 0 Å². The monoisotopic (exact) mass is 233 g/mol. The smallest absolute Gasteiger partial charge is 0.228 e. The van der Waals surface area contributed by atoms with Gasteiger partial charge in [-0.15, -0.1) is 0 Å². The number of nitrogens with one attached hydrogen (secondary N) is 1. The molecule has 2 atom stereocenters. The van der Waals surface area contributed by atoms with E-state index < -0.39 is 20.8 Å². The van der Waals surface area contributed by atoms with Gasteiger partial charge in [0.2, 0.25) is 10.0 Å². The van der Waals surface area contributed by atoms with E-state index in [0.717, 1.165) is 0 Å². The fraction of sp³-hybridized carbons (Fsp3) is 0.889. The van der Waals surface area contributed by atoms with Gasteiger partial charge in [-0.05, 0) is 19.8 Å². The molecule has 0 aromatic carbocycles. The number of nitrogens with zero attached hydrogens (tertiary/aromatic N) is 1. The average molecular weight is 233 g/mol. The normalized spacial score (nSPS) is 18.2. The summed E-state index contributed by atoms with van der Waals surface area (Å²) in [4.78, 5) is 0. The van der Waals surface area contributed by atoms with Crippen LogP contribution in [0.3, 0.4) is 0 Å². The topological polar surface area (TPSA) is 96.0 Å². The molecule has 0 saturated carbocycles. The predicted octanol–water partition coefficient (Wildman–Crippen LogP) is 0.191. The van der Waals surface area contributed by atoms with Crippen LogP contribution >= 0.6 is 0 Å². The number of nitriles is 1. The first-order valence-corrected chi connectivity index (χ1v) is 6.36. The summed E-state index contributed by atoms with van der Waals surface area (Å²) in [7, 11) is -3.62. The minimum atomic E-state index is -3.62. The van der Waals surface area contributed by atoms with Gasteiger partial charge in [-0.2, -0.15) is 5.26 Å². The number of rotatable bonds is 5. The molecule has 6 heteroatoms. The summed E-state index contributed by atoms with van der Waals surface area (Å²) in [5.41, 5.74) is 4.84. The summed E-state index contributed by atoms with van der Waals surface area (Å²) in [6.07, 6.45) is 0. The van der Waals surface area contributed by atoms with E-state index >= 15 is 0 Å². The van der Waals surface area contributed by atoms with Crippen molar-refractivity contribution in [1.29, 1.82) is 5.26 Å². The minimum Gasteiger partial charge on any atom is -0.329 e. The Labute approximate surface area is 91.7 Å². The largest absolute Gasteiger partial charge is 0.329 e. The highest BCUT2D eigenvalue weighted by Crippen LogP contribution is 2.17. The summed E-state index contributed by atoms with van der Waals surface area (Å²) >= 11 is 0. The Kier molecular flexibility index (Phi) is 4.71. The molecule has 0 aromatic heterocycles. The van der Waals surface area contributed by atoms with Gasteiger partial charge < -0.3 is 5.73 Å². The molecule has 2 unspecified atom stereocenters. The highest BCUT2D eigenvalue weighted by Gasteiger charge is 2.34. The first-order chi connectivity index (χ1) is 6.69. The molecule has 0 aliphatic heterocycles. The third kappa shape index (κ3) is 3.45.